The largest absolute Gasteiger partial charge is 0.416 e. The number of alkyl halides is 3. The highest BCUT2D eigenvalue weighted by molar-refractivity contribution is 6.31. The summed E-state index contributed by atoms with van der Waals surface area (Å²) in [7, 11) is 0. The number of nitrogens with two attached hydrogens (primary N) is 1. The molecule has 0 radical (unpaired) electrons. The van der Waals surface area contributed by atoms with Gasteiger partial charge in [0, 0.05) is 10.7 Å². The third-order valence-corrected chi connectivity index (χ3v) is 2.82. The molecule has 7 heteroatoms. The molecule has 0 saturated carbocycles. The van der Waals surface area contributed by atoms with Gasteiger partial charge in [-0.2, -0.15) is 18.4 Å². The van der Waals surface area contributed by atoms with Crippen LogP contribution in [0.3, 0.4) is 0 Å². The summed E-state index contributed by atoms with van der Waals surface area (Å²) in [6.07, 6.45) is -3.01. The normalized spacial score (nSPS) is 11.2. The zero-order valence-corrected chi connectivity index (χ0v) is 12.5. The molecular weight excluding hydrogens is 303 g/mol. The summed E-state index contributed by atoms with van der Waals surface area (Å²) in [5.41, 5.74) is 6.07. The van der Waals surface area contributed by atoms with Crippen LogP contribution in [0, 0.1) is 30.6 Å². The van der Waals surface area contributed by atoms with Crippen molar-refractivity contribution in [2.24, 2.45) is 5.73 Å². The van der Waals surface area contributed by atoms with Crippen molar-refractivity contribution < 1.29 is 13.2 Å². The minimum Gasteiger partial charge on any atom is -0.402 e. The van der Waals surface area contributed by atoms with E-state index in [4.69, 9.17) is 28.0 Å². The monoisotopic (exact) mass is 317 g/mol. The van der Waals surface area contributed by atoms with Gasteiger partial charge >= 0.3 is 6.18 Å². The Hall–Kier alpha value is -2.00. The van der Waals surface area contributed by atoms with Crippen molar-refractivity contribution in [1.82, 2.24) is 0 Å². The van der Waals surface area contributed by atoms with Crippen LogP contribution in [0.4, 0.5) is 13.2 Å². The average molecular weight is 318 g/mol. The molecule has 0 heterocycles. The van der Waals surface area contributed by atoms with Gasteiger partial charge in [0.05, 0.1) is 5.56 Å². The van der Waals surface area contributed by atoms with Crippen LogP contribution in [0.1, 0.15) is 23.6 Å². The molecule has 0 fully saturated rings. The number of nitriles is 1. The lowest BCUT2D eigenvalue weighted by atomic mass is 10.1. The SMILES string of the molecule is C/C(N)=C\C(=N)C#N.Cc1cc(C(F)(F)F)cc(Cl)c1C. The molecule has 1 aromatic rings. The van der Waals surface area contributed by atoms with Gasteiger partial charge in [-0.1, -0.05) is 11.6 Å². The smallest absolute Gasteiger partial charge is 0.402 e. The van der Waals surface area contributed by atoms with E-state index in [-0.39, 0.29) is 10.7 Å². The Morgan fingerprint density at radius 1 is 1.38 bits per heavy atom. The Morgan fingerprint density at radius 3 is 2.19 bits per heavy atom. The number of hydrogen-bond acceptors (Lipinski definition) is 3. The number of nitrogens with zero attached hydrogens (tertiary/aromatic N) is 1. The number of halogens is 4. The molecule has 1 rings (SSSR count). The predicted molar refractivity (Wildman–Crippen MR) is 77.2 cm³/mol. The van der Waals surface area contributed by atoms with E-state index in [2.05, 4.69) is 0 Å². The molecule has 3 N–H and O–H groups in total. The quantitative estimate of drug-likeness (QED) is 0.755. The lowest BCUT2D eigenvalue weighted by Gasteiger charge is -2.10. The second kappa shape index (κ2) is 7.70. The van der Waals surface area contributed by atoms with Crippen molar-refractivity contribution in [3.05, 3.63) is 45.6 Å². The molecule has 1 aromatic carbocycles. The Morgan fingerprint density at radius 2 is 1.90 bits per heavy atom. The summed E-state index contributed by atoms with van der Waals surface area (Å²) in [6, 6.07) is 3.67. The molecular formula is C14H15ClF3N3. The summed E-state index contributed by atoms with van der Waals surface area (Å²) in [5, 5.41) is 14.9. The fourth-order valence-corrected chi connectivity index (χ4v) is 1.51. The van der Waals surface area contributed by atoms with Gasteiger partial charge in [-0.05, 0) is 50.1 Å². The number of hydrogen-bond donors (Lipinski definition) is 2. The molecule has 0 spiro atoms. The van der Waals surface area contributed by atoms with E-state index >= 15 is 0 Å². The molecule has 0 aliphatic carbocycles. The lowest BCUT2D eigenvalue weighted by molar-refractivity contribution is -0.137. The van der Waals surface area contributed by atoms with E-state index in [1.54, 1.807) is 26.8 Å². The Labute approximate surface area is 126 Å². The zero-order valence-electron chi connectivity index (χ0n) is 11.8. The molecule has 0 aliphatic rings. The number of benzene rings is 1. The van der Waals surface area contributed by atoms with Gasteiger partial charge in [-0.3, -0.25) is 5.41 Å². The van der Waals surface area contributed by atoms with Crippen molar-refractivity contribution in [3.63, 3.8) is 0 Å². The summed E-state index contributed by atoms with van der Waals surface area (Å²) in [5.74, 6) is 0. The van der Waals surface area contributed by atoms with Gasteiger partial charge in [0.25, 0.3) is 0 Å². The molecule has 21 heavy (non-hydrogen) atoms. The second-order valence-corrected chi connectivity index (χ2v) is 4.72. The Kier molecular flexibility index (Phi) is 6.96. The van der Waals surface area contributed by atoms with Crippen LogP contribution in [-0.4, -0.2) is 5.71 Å². The van der Waals surface area contributed by atoms with E-state index < -0.39 is 11.7 Å². The third kappa shape index (κ3) is 6.82. The van der Waals surface area contributed by atoms with Crippen LogP contribution >= 0.6 is 11.6 Å². The molecule has 0 aliphatic heterocycles. The number of rotatable bonds is 1. The van der Waals surface area contributed by atoms with Crippen LogP contribution in [0.15, 0.2) is 23.9 Å². The predicted octanol–water partition coefficient (Wildman–Crippen LogP) is 4.37. The highest BCUT2D eigenvalue weighted by atomic mass is 35.5. The standard InChI is InChI=1S/C9H8ClF3.C5H7N3/c1-5-3-7(9(11,12)13)4-8(10)6(5)2;1-4(7)2-5(8)3-6/h3-4H,1-2H3;2,8H,7H2,1H3/b;4-2+,8-5?. The van der Waals surface area contributed by atoms with Crippen molar-refractivity contribution in [2.75, 3.05) is 0 Å². The second-order valence-electron chi connectivity index (χ2n) is 4.31. The van der Waals surface area contributed by atoms with Gasteiger partial charge in [0.2, 0.25) is 0 Å². The first kappa shape index (κ1) is 19.0. The van der Waals surface area contributed by atoms with Crippen molar-refractivity contribution >= 4 is 17.3 Å². The van der Waals surface area contributed by atoms with Gasteiger partial charge in [-0.25, -0.2) is 0 Å². The first-order valence-corrected chi connectivity index (χ1v) is 6.13. The van der Waals surface area contributed by atoms with E-state index in [1.807, 2.05) is 0 Å². The topological polar surface area (TPSA) is 73.7 Å². The average Bonchev–Trinajstić information content (AvgIpc) is 2.34. The molecule has 3 nitrogen and oxygen atoms in total. The van der Waals surface area contributed by atoms with Crippen molar-refractivity contribution in [3.8, 4) is 6.07 Å². The molecule has 0 atom stereocenters. The van der Waals surface area contributed by atoms with Gasteiger partial charge in [0.1, 0.15) is 11.8 Å². The third-order valence-electron chi connectivity index (χ3n) is 2.42. The maximum atomic E-state index is 12.2. The molecule has 0 saturated heterocycles. The Balaban J connectivity index is 0.000000433. The lowest BCUT2D eigenvalue weighted by Crippen LogP contribution is -2.05. The fraction of sp³-hybridized carbons (Fsp3) is 0.286. The maximum absolute atomic E-state index is 12.2. The maximum Gasteiger partial charge on any atom is 0.416 e. The van der Waals surface area contributed by atoms with E-state index in [9.17, 15) is 13.2 Å². The molecule has 0 bridgehead atoms. The first-order valence-electron chi connectivity index (χ1n) is 5.75. The number of nitrogens with one attached hydrogen (secondary N) is 1. The minimum atomic E-state index is -4.32. The summed E-state index contributed by atoms with van der Waals surface area (Å²) >= 11 is 5.63. The Bertz CT molecular complexity index is 571. The summed E-state index contributed by atoms with van der Waals surface area (Å²) in [6.45, 7) is 4.93. The zero-order chi connectivity index (χ0) is 16.8. The summed E-state index contributed by atoms with van der Waals surface area (Å²) in [4.78, 5) is 0. The highest BCUT2D eigenvalue weighted by Gasteiger charge is 2.31. The molecule has 114 valence electrons. The summed E-state index contributed by atoms with van der Waals surface area (Å²) < 4.78 is 36.7. The fourth-order valence-electron chi connectivity index (χ4n) is 1.24. The molecule has 0 amide bonds. The number of allylic oxidation sites excluding steroid dienone is 2. The van der Waals surface area contributed by atoms with Crippen LogP contribution in [-0.2, 0) is 6.18 Å². The van der Waals surface area contributed by atoms with Gasteiger partial charge in [0.15, 0.2) is 0 Å². The number of aryl methyl sites for hydroxylation is 1. The van der Waals surface area contributed by atoms with Crippen molar-refractivity contribution in [2.45, 2.75) is 26.9 Å². The van der Waals surface area contributed by atoms with Crippen LogP contribution in [0.5, 0.6) is 0 Å². The van der Waals surface area contributed by atoms with Crippen LogP contribution in [0.2, 0.25) is 5.02 Å². The van der Waals surface area contributed by atoms with Gasteiger partial charge < -0.3 is 5.73 Å². The van der Waals surface area contributed by atoms with Gasteiger partial charge in [-0.15, -0.1) is 0 Å². The van der Waals surface area contributed by atoms with E-state index in [0.29, 0.717) is 16.8 Å². The minimum absolute atomic E-state index is 0.106. The van der Waals surface area contributed by atoms with Crippen molar-refractivity contribution in [1.29, 1.82) is 10.7 Å². The molecule has 0 unspecified atom stereocenters. The van der Waals surface area contributed by atoms with E-state index in [0.717, 1.165) is 12.1 Å². The first-order chi connectivity index (χ1) is 9.48. The van der Waals surface area contributed by atoms with E-state index in [1.165, 1.54) is 6.08 Å². The molecule has 0 aromatic heterocycles. The van der Waals surface area contributed by atoms with Crippen LogP contribution < -0.4 is 5.73 Å². The van der Waals surface area contributed by atoms with Crippen LogP contribution in [0.25, 0.3) is 0 Å². The highest BCUT2D eigenvalue weighted by Crippen LogP contribution is 2.33.